The molecule has 0 aromatic heterocycles. The highest BCUT2D eigenvalue weighted by molar-refractivity contribution is 7.86. The first kappa shape index (κ1) is 51.6. The first-order valence-electron chi connectivity index (χ1n) is 20.6. The van der Waals surface area contributed by atoms with Crippen molar-refractivity contribution in [2.24, 2.45) is 0 Å². The minimum Gasteiger partial charge on any atom is -0.748 e. The molecule has 0 spiro atoms. The van der Waals surface area contributed by atoms with Crippen LogP contribution in [-0.2, 0) is 75.3 Å². The van der Waals surface area contributed by atoms with E-state index in [2.05, 4.69) is 0 Å². The van der Waals surface area contributed by atoms with Crippen molar-refractivity contribution in [3.63, 3.8) is 0 Å². The molecule has 1 saturated heterocycles. The number of ether oxygens (including phenoxy) is 1. The van der Waals surface area contributed by atoms with Crippen LogP contribution in [-0.4, -0.2) is 123 Å². The summed E-state index contributed by atoms with van der Waals surface area (Å²) >= 11 is 0. The van der Waals surface area contributed by atoms with Crippen molar-refractivity contribution < 1.29 is 80.4 Å². The van der Waals surface area contributed by atoms with E-state index in [1.54, 1.807) is 32.9 Å². The number of imide groups is 1. The summed E-state index contributed by atoms with van der Waals surface area (Å²) < 4.78 is 152. The van der Waals surface area contributed by atoms with E-state index in [4.69, 9.17) is 9.57 Å². The molecule has 5 rings (SSSR count). The SMILES string of the molecule is COCCN1/C(=C/C(C)=C/C2=[N+](CCCCCC(=O)ON3C(=O)CCC3=O)c3ccc(S(=O)(=O)[O-])cc3C2(C)CCCS(=O)(=O)[O-])C(C)(CCCS(=O)(=O)[O-])c2cc(S(=O)(=O)[O-])ccc21. The van der Waals surface area contributed by atoms with Crippen molar-refractivity contribution in [1.29, 1.82) is 0 Å². The second-order valence-corrected chi connectivity index (χ2v) is 22.4. The number of benzene rings is 2. The van der Waals surface area contributed by atoms with Crippen LogP contribution in [0, 0.1) is 0 Å². The Hall–Kier alpha value is -4.40. The number of rotatable bonds is 22. The lowest BCUT2D eigenvalue weighted by Gasteiger charge is -2.31. The number of amides is 2. The Bertz CT molecular complexity index is 2770. The van der Waals surface area contributed by atoms with Gasteiger partial charge in [-0.1, -0.05) is 0 Å². The van der Waals surface area contributed by atoms with E-state index in [1.165, 1.54) is 31.4 Å². The van der Waals surface area contributed by atoms with E-state index in [0.29, 0.717) is 57.4 Å². The molecule has 0 aliphatic carbocycles. The average molecular weight is 985 g/mol. The second-order valence-electron chi connectivity index (χ2n) is 16.6. The molecular formula is C41H50N3O17S4-3. The minimum absolute atomic E-state index is 0.00653. The van der Waals surface area contributed by atoms with Gasteiger partial charge in [-0.2, -0.15) is 4.58 Å². The van der Waals surface area contributed by atoms with E-state index in [-0.39, 0.29) is 71.1 Å². The van der Waals surface area contributed by atoms with E-state index >= 15 is 0 Å². The number of methoxy groups -OCH3 is 1. The van der Waals surface area contributed by atoms with Crippen molar-refractivity contribution in [2.75, 3.05) is 43.2 Å². The fourth-order valence-corrected chi connectivity index (χ4v) is 10.7. The fourth-order valence-electron chi connectivity index (χ4n) is 8.69. The Labute approximate surface area is 378 Å². The molecule has 2 aromatic carbocycles. The van der Waals surface area contributed by atoms with Gasteiger partial charge in [0.25, 0.3) is 11.8 Å². The van der Waals surface area contributed by atoms with Crippen LogP contribution in [0.4, 0.5) is 11.4 Å². The molecule has 0 radical (unpaired) electrons. The van der Waals surface area contributed by atoms with Crippen molar-refractivity contribution >= 4 is 75.3 Å². The number of carbonyl (C=O) groups excluding carboxylic acids is 3. The number of hydrogen-bond acceptors (Lipinski definition) is 18. The molecule has 0 bridgehead atoms. The van der Waals surface area contributed by atoms with Crippen LogP contribution in [0.25, 0.3) is 0 Å². The molecule has 2 unspecified atom stereocenters. The fraction of sp³-hybridized carbons (Fsp3) is 0.512. The summed E-state index contributed by atoms with van der Waals surface area (Å²) in [5, 5.41) is 0.457. The van der Waals surface area contributed by atoms with Crippen molar-refractivity contribution in [2.45, 2.75) is 106 Å². The lowest BCUT2D eigenvalue weighted by Crippen LogP contribution is -2.33. The Morgan fingerprint density at radius 1 is 0.769 bits per heavy atom. The van der Waals surface area contributed by atoms with E-state index < -0.39 is 90.4 Å². The molecule has 0 saturated carbocycles. The van der Waals surface area contributed by atoms with Crippen molar-refractivity contribution in [3.05, 3.63) is 70.9 Å². The molecule has 1 fully saturated rings. The van der Waals surface area contributed by atoms with E-state index in [0.717, 1.165) is 12.1 Å². The van der Waals surface area contributed by atoms with Gasteiger partial charge in [-0.05, 0) is 107 Å². The second kappa shape index (κ2) is 19.8. The van der Waals surface area contributed by atoms with Gasteiger partial charge >= 0.3 is 5.97 Å². The predicted octanol–water partition coefficient (Wildman–Crippen LogP) is 2.92. The number of hydrogen-bond donors (Lipinski definition) is 0. The normalized spacial score (nSPS) is 21.2. The van der Waals surface area contributed by atoms with Gasteiger partial charge in [0.15, 0.2) is 5.71 Å². The Morgan fingerprint density at radius 2 is 1.32 bits per heavy atom. The molecule has 65 heavy (non-hydrogen) atoms. The zero-order valence-corrected chi connectivity index (χ0v) is 39.4. The summed E-state index contributed by atoms with van der Waals surface area (Å²) in [7, 11) is -17.8. The Kier molecular flexibility index (Phi) is 15.7. The maximum Gasteiger partial charge on any atom is 0.333 e. The van der Waals surface area contributed by atoms with Gasteiger partial charge in [-0.15, -0.1) is 5.06 Å². The van der Waals surface area contributed by atoms with Crippen LogP contribution in [0.15, 0.2) is 69.6 Å². The van der Waals surface area contributed by atoms with Gasteiger partial charge in [-0.25, -0.2) is 38.5 Å². The summed E-state index contributed by atoms with van der Waals surface area (Å²) in [4.78, 5) is 42.0. The molecule has 0 N–H and O–H groups in total. The van der Waals surface area contributed by atoms with Crippen LogP contribution in [0.3, 0.4) is 0 Å². The van der Waals surface area contributed by atoms with Gasteiger partial charge in [0.2, 0.25) is 5.69 Å². The quantitative estimate of drug-likeness (QED) is 0.0708. The van der Waals surface area contributed by atoms with Gasteiger partial charge < -0.3 is 32.7 Å². The maximum absolute atomic E-state index is 12.5. The smallest absolute Gasteiger partial charge is 0.333 e. The first-order chi connectivity index (χ1) is 30.1. The third-order valence-corrected chi connectivity index (χ3v) is 15.1. The Morgan fingerprint density at radius 3 is 1.88 bits per heavy atom. The molecule has 358 valence electrons. The van der Waals surface area contributed by atoms with Crippen LogP contribution in [0.2, 0.25) is 0 Å². The van der Waals surface area contributed by atoms with Crippen molar-refractivity contribution in [1.82, 2.24) is 5.06 Å². The average Bonchev–Trinajstić information content (AvgIpc) is 3.71. The minimum atomic E-state index is -4.99. The number of unbranched alkanes of at least 4 members (excludes halogenated alkanes) is 2. The summed E-state index contributed by atoms with van der Waals surface area (Å²) in [5.74, 6) is -3.52. The number of nitrogens with zero attached hydrogens (tertiary/aromatic N) is 3. The van der Waals surface area contributed by atoms with Crippen LogP contribution in [0.5, 0.6) is 0 Å². The lowest BCUT2D eigenvalue weighted by atomic mass is 9.75. The highest BCUT2D eigenvalue weighted by Crippen LogP contribution is 2.52. The number of hydroxylamine groups is 2. The standard InChI is InChI=1S/C41H53N3O17S4/c1-28(25-36-41(3,18-9-23-63(51,52)53)32-27-30(65(57,58)59)12-14-34(32)43(36)20-21-60-4)24-35-40(2,17-8-22-62(48,49)50)31-26-29(64(54,55)56)11-13-33(31)42(35)19-7-5-6-10-39(47)61-44-37(45)15-16-38(44)46/h11-14,24-27H,5-10,15-23H2,1-4H3,(H3-,48,49,50,51,52,53,54,55,56,57,58,59)/p-3. The number of carbonyl (C=O) groups is 3. The van der Waals surface area contributed by atoms with Crippen LogP contribution < -0.4 is 4.90 Å². The molecule has 24 heteroatoms. The van der Waals surface area contributed by atoms with E-state index in [9.17, 15) is 66.3 Å². The number of allylic oxidation sites excluding steroid dienone is 4. The lowest BCUT2D eigenvalue weighted by molar-refractivity contribution is -0.438. The molecular weight excluding hydrogens is 935 g/mol. The number of fused-ring (bicyclic) bond motifs is 2. The highest BCUT2D eigenvalue weighted by Gasteiger charge is 2.48. The van der Waals surface area contributed by atoms with Crippen LogP contribution in [0.1, 0.15) is 96.1 Å². The molecule has 3 heterocycles. The number of anilines is 1. The van der Waals surface area contributed by atoms with Gasteiger partial charge in [0.05, 0.1) is 42.0 Å². The first-order valence-corrected chi connectivity index (χ1v) is 26.5. The third-order valence-electron chi connectivity index (χ3n) is 11.8. The van der Waals surface area contributed by atoms with Crippen molar-refractivity contribution in [3.8, 4) is 0 Å². The summed E-state index contributed by atoms with van der Waals surface area (Å²) in [6.45, 7) is 5.72. The van der Waals surface area contributed by atoms with Crippen LogP contribution >= 0.6 is 0 Å². The summed E-state index contributed by atoms with van der Waals surface area (Å²) in [6, 6.07) is 7.63. The Balaban J connectivity index is 1.63. The molecule has 2 aromatic rings. The largest absolute Gasteiger partial charge is 0.748 e. The van der Waals surface area contributed by atoms with Gasteiger partial charge in [-0.3, -0.25) is 9.59 Å². The zero-order valence-electron chi connectivity index (χ0n) is 36.1. The zero-order chi connectivity index (χ0) is 48.3. The van der Waals surface area contributed by atoms with Gasteiger partial charge in [0, 0.05) is 85.3 Å². The summed E-state index contributed by atoms with van der Waals surface area (Å²) in [6.07, 6.45) is 3.99. The monoisotopic (exact) mass is 984 g/mol. The predicted molar refractivity (Wildman–Crippen MR) is 228 cm³/mol. The molecule has 20 nitrogen and oxygen atoms in total. The highest BCUT2D eigenvalue weighted by atomic mass is 32.2. The molecule has 3 aliphatic rings. The van der Waals surface area contributed by atoms with Gasteiger partial charge in [0.1, 0.15) is 26.8 Å². The topological polar surface area (TPSA) is 308 Å². The maximum atomic E-state index is 12.5. The van der Waals surface area contributed by atoms with E-state index in [1.807, 2.05) is 9.48 Å². The summed E-state index contributed by atoms with van der Waals surface area (Å²) in [5.41, 5.74) is 0.735. The molecule has 2 amide bonds. The molecule has 2 atom stereocenters. The molecule has 3 aliphatic heterocycles. The third kappa shape index (κ3) is 12.3.